The maximum absolute atomic E-state index is 12.5. The van der Waals surface area contributed by atoms with Gasteiger partial charge < -0.3 is 9.47 Å². The van der Waals surface area contributed by atoms with Crippen molar-refractivity contribution >= 4 is 6.16 Å². The van der Waals surface area contributed by atoms with Gasteiger partial charge in [-0.05, 0) is 55.0 Å². The van der Waals surface area contributed by atoms with E-state index < -0.39 is 6.16 Å². The first kappa shape index (κ1) is 28.0. The van der Waals surface area contributed by atoms with E-state index in [1.54, 1.807) is 0 Å². The molecule has 0 N–H and O–H groups in total. The molecule has 2 rings (SSSR count). The maximum atomic E-state index is 12.5. The van der Waals surface area contributed by atoms with E-state index in [1.165, 1.54) is 22.3 Å². The highest BCUT2D eigenvalue weighted by Gasteiger charge is 2.24. The summed E-state index contributed by atoms with van der Waals surface area (Å²) in [5.74, 6) is 0. The molecule has 0 radical (unpaired) electrons. The van der Waals surface area contributed by atoms with Crippen LogP contribution in [0.2, 0.25) is 0 Å². The Bertz CT molecular complexity index is 921. The molecule has 0 amide bonds. The molecule has 0 aromatic heterocycles. The first-order valence-electron chi connectivity index (χ1n) is 12.4. The van der Waals surface area contributed by atoms with Gasteiger partial charge in [-0.15, -0.1) is 0 Å². The minimum Gasteiger partial charge on any atom is -0.429 e. The van der Waals surface area contributed by atoms with E-state index in [4.69, 9.17) is 9.47 Å². The third-order valence-corrected chi connectivity index (χ3v) is 6.26. The lowest BCUT2D eigenvalue weighted by molar-refractivity contribution is 0.0439. The average Bonchev–Trinajstić information content (AvgIpc) is 2.67. The predicted octanol–water partition coefficient (Wildman–Crippen LogP) is 8.73. The molecular formula is C31H46O3. The van der Waals surface area contributed by atoms with Crippen molar-refractivity contribution < 1.29 is 14.3 Å². The fourth-order valence-electron chi connectivity index (χ4n) is 4.05. The lowest BCUT2D eigenvalue weighted by atomic mass is 9.78. The van der Waals surface area contributed by atoms with Crippen LogP contribution in [0.5, 0.6) is 0 Å². The van der Waals surface area contributed by atoms with Gasteiger partial charge in [0.1, 0.15) is 13.2 Å². The molecule has 2 aromatic rings. The topological polar surface area (TPSA) is 35.5 Å². The molecule has 0 saturated heterocycles. The number of carbonyl (C=O) groups excluding carboxylic acids is 1. The van der Waals surface area contributed by atoms with Crippen molar-refractivity contribution in [2.75, 3.05) is 0 Å². The van der Waals surface area contributed by atoms with Crippen LogP contribution in [0.4, 0.5) is 4.79 Å². The Morgan fingerprint density at radius 3 is 1.15 bits per heavy atom. The van der Waals surface area contributed by atoms with Crippen molar-refractivity contribution in [3.8, 4) is 0 Å². The third-order valence-electron chi connectivity index (χ3n) is 6.26. The molecule has 0 heterocycles. The van der Waals surface area contributed by atoms with Gasteiger partial charge in [0.25, 0.3) is 0 Å². The van der Waals surface area contributed by atoms with E-state index in [0.717, 1.165) is 11.1 Å². The highest BCUT2D eigenvalue weighted by Crippen LogP contribution is 2.33. The summed E-state index contributed by atoms with van der Waals surface area (Å²) >= 11 is 0. The lowest BCUT2D eigenvalue weighted by Crippen LogP contribution is -2.20. The zero-order chi connectivity index (χ0) is 26.1. The van der Waals surface area contributed by atoms with Crippen LogP contribution in [0.15, 0.2) is 36.4 Å². The van der Waals surface area contributed by atoms with Crippen molar-refractivity contribution in [1.82, 2.24) is 0 Å². The number of benzene rings is 2. The highest BCUT2D eigenvalue weighted by atomic mass is 16.7. The van der Waals surface area contributed by atoms with Gasteiger partial charge in [-0.3, -0.25) is 0 Å². The number of ether oxygens (including phenoxy) is 2. The Kier molecular flexibility index (Phi) is 8.02. The molecule has 0 unspecified atom stereocenters. The van der Waals surface area contributed by atoms with Crippen LogP contribution in [0.25, 0.3) is 0 Å². The first-order chi connectivity index (χ1) is 15.3. The van der Waals surface area contributed by atoms with Crippen LogP contribution in [0.3, 0.4) is 0 Å². The third kappa shape index (κ3) is 7.35. The summed E-state index contributed by atoms with van der Waals surface area (Å²) in [5, 5.41) is 0. The molecule has 188 valence electrons. The molecule has 34 heavy (non-hydrogen) atoms. The molecular weight excluding hydrogens is 420 g/mol. The fourth-order valence-corrected chi connectivity index (χ4v) is 4.05. The van der Waals surface area contributed by atoms with Crippen LogP contribution in [-0.2, 0) is 44.3 Å². The largest absolute Gasteiger partial charge is 0.508 e. The Labute approximate surface area is 208 Å². The molecule has 0 aliphatic carbocycles. The standard InChI is InChI=1S/C31H46O3/c1-28(2,3)23-15-13-21(25(17-23)30(7,8)9)19-33-27(32)34-20-22-14-16-24(29(4,5)6)18-26(22)31(10,11)12/h13-18H,19-20H2,1-12H3. The molecule has 3 heteroatoms. The van der Waals surface area contributed by atoms with Crippen molar-refractivity contribution in [1.29, 1.82) is 0 Å². The minimum absolute atomic E-state index is 0.0553. The Morgan fingerprint density at radius 1 is 0.559 bits per heavy atom. The van der Waals surface area contributed by atoms with Crippen molar-refractivity contribution in [2.45, 2.75) is 118 Å². The van der Waals surface area contributed by atoms with Crippen LogP contribution in [-0.4, -0.2) is 6.16 Å². The van der Waals surface area contributed by atoms with Crippen LogP contribution in [0, 0.1) is 0 Å². The fraction of sp³-hybridized carbons (Fsp3) is 0.581. The second-order valence-corrected chi connectivity index (χ2v) is 13.6. The van der Waals surface area contributed by atoms with Gasteiger partial charge in [-0.2, -0.15) is 0 Å². The molecule has 0 aliphatic rings. The Morgan fingerprint density at radius 2 is 0.882 bits per heavy atom. The summed E-state index contributed by atoms with van der Waals surface area (Å²) in [7, 11) is 0. The van der Waals surface area contributed by atoms with E-state index in [2.05, 4.69) is 119 Å². The van der Waals surface area contributed by atoms with Crippen LogP contribution < -0.4 is 0 Å². The summed E-state index contributed by atoms with van der Waals surface area (Å²) in [4.78, 5) is 12.5. The second kappa shape index (κ2) is 9.76. The molecule has 0 spiro atoms. The predicted molar refractivity (Wildman–Crippen MR) is 143 cm³/mol. The monoisotopic (exact) mass is 466 g/mol. The molecule has 0 fully saturated rings. The SMILES string of the molecule is CC(C)(C)c1ccc(COC(=O)OCc2ccc(C(C)(C)C)cc2C(C)(C)C)c(C(C)(C)C)c1. The van der Waals surface area contributed by atoms with Crippen molar-refractivity contribution in [3.05, 3.63) is 69.8 Å². The molecule has 3 nitrogen and oxygen atoms in total. The zero-order valence-electron chi connectivity index (χ0n) is 23.6. The van der Waals surface area contributed by atoms with E-state index in [9.17, 15) is 4.79 Å². The van der Waals surface area contributed by atoms with E-state index >= 15 is 0 Å². The van der Waals surface area contributed by atoms with Gasteiger partial charge in [0.05, 0.1) is 0 Å². The summed E-state index contributed by atoms with van der Waals surface area (Å²) in [6.45, 7) is 26.8. The molecule has 0 saturated carbocycles. The second-order valence-electron chi connectivity index (χ2n) is 13.6. The zero-order valence-corrected chi connectivity index (χ0v) is 23.6. The van der Waals surface area contributed by atoms with E-state index in [-0.39, 0.29) is 34.9 Å². The first-order valence-corrected chi connectivity index (χ1v) is 12.4. The molecule has 0 atom stereocenters. The lowest BCUT2D eigenvalue weighted by Gasteiger charge is -2.28. The summed E-state index contributed by atoms with van der Waals surface area (Å²) in [5.41, 5.74) is 6.98. The van der Waals surface area contributed by atoms with Gasteiger partial charge in [0.15, 0.2) is 0 Å². The minimum atomic E-state index is -0.639. The van der Waals surface area contributed by atoms with Gasteiger partial charge in [-0.1, -0.05) is 119 Å². The van der Waals surface area contributed by atoms with Crippen molar-refractivity contribution in [3.63, 3.8) is 0 Å². The molecule has 2 aromatic carbocycles. The summed E-state index contributed by atoms with van der Waals surface area (Å²) in [6, 6.07) is 12.9. The van der Waals surface area contributed by atoms with Gasteiger partial charge >= 0.3 is 6.16 Å². The number of hydrogen-bond donors (Lipinski definition) is 0. The van der Waals surface area contributed by atoms with Crippen LogP contribution in [0.1, 0.15) is 116 Å². The van der Waals surface area contributed by atoms with E-state index in [1.807, 2.05) is 0 Å². The maximum Gasteiger partial charge on any atom is 0.508 e. The average molecular weight is 467 g/mol. The summed E-state index contributed by atoms with van der Waals surface area (Å²) < 4.78 is 11.1. The van der Waals surface area contributed by atoms with Crippen molar-refractivity contribution in [2.24, 2.45) is 0 Å². The van der Waals surface area contributed by atoms with Gasteiger partial charge in [-0.25, -0.2) is 4.79 Å². The van der Waals surface area contributed by atoms with Crippen LogP contribution >= 0.6 is 0 Å². The quantitative estimate of drug-likeness (QED) is 0.423. The number of rotatable bonds is 4. The Hall–Kier alpha value is -2.29. The number of hydrogen-bond acceptors (Lipinski definition) is 3. The normalized spacial score (nSPS) is 13.1. The summed E-state index contributed by atoms with van der Waals surface area (Å²) in [6.07, 6.45) is -0.639. The Balaban J connectivity index is 2.15. The highest BCUT2D eigenvalue weighted by molar-refractivity contribution is 5.60. The number of carbonyl (C=O) groups is 1. The smallest absolute Gasteiger partial charge is 0.429 e. The van der Waals surface area contributed by atoms with E-state index in [0.29, 0.717) is 0 Å². The van der Waals surface area contributed by atoms with Gasteiger partial charge in [0, 0.05) is 0 Å². The molecule has 0 bridgehead atoms. The van der Waals surface area contributed by atoms with Gasteiger partial charge in [0.2, 0.25) is 0 Å². The molecule has 0 aliphatic heterocycles.